The Balaban J connectivity index is 2.65. The monoisotopic (exact) mass is 250 g/mol. The van der Waals surface area contributed by atoms with Gasteiger partial charge in [-0.05, 0) is 49.6 Å². The van der Waals surface area contributed by atoms with E-state index in [0.29, 0.717) is 5.69 Å². The third kappa shape index (κ3) is 2.61. The van der Waals surface area contributed by atoms with E-state index in [4.69, 9.17) is 5.73 Å². The highest BCUT2D eigenvalue weighted by molar-refractivity contribution is 5.73. The molecule has 96 valence electrons. The van der Waals surface area contributed by atoms with Crippen LogP contribution in [0.25, 0.3) is 11.1 Å². The molecule has 0 saturated carbocycles. The van der Waals surface area contributed by atoms with E-state index >= 15 is 0 Å². The van der Waals surface area contributed by atoms with Gasteiger partial charge in [-0.2, -0.15) is 5.26 Å². The fourth-order valence-corrected chi connectivity index (χ4v) is 2.14. The van der Waals surface area contributed by atoms with Crippen LogP contribution in [0.3, 0.4) is 0 Å². The number of nitriles is 1. The van der Waals surface area contributed by atoms with Crippen molar-refractivity contribution < 1.29 is 0 Å². The van der Waals surface area contributed by atoms with Crippen LogP contribution in [0.5, 0.6) is 0 Å². The fraction of sp³-hybridized carbons (Fsp3) is 0.235. The minimum absolute atomic E-state index is 0.534. The van der Waals surface area contributed by atoms with Crippen molar-refractivity contribution in [2.45, 2.75) is 26.2 Å². The molecule has 0 aliphatic heterocycles. The molecule has 2 heteroatoms. The highest BCUT2D eigenvalue weighted by Crippen LogP contribution is 2.34. The van der Waals surface area contributed by atoms with Crippen LogP contribution in [-0.4, -0.2) is 0 Å². The Bertz CT molecular complexity index is 631. The number of nitrogens with two attached hydrogens (primary N) is 1. The molecule has 0 radical (unpaired) electrons. The molecule has 0 saturated heterocycles. The minimum Gasteiger partial charge on any atom is -0.399 e. The average molecular weight is 250 g/mol. The number of benzene rings is 2. The van der Waals surface area contributed by atoms with E-state index in [2.05, 4.69) is 37.3 Å². The van der Waals surface area contributed by atoms with E-state index in [1.165, 1.54) is 5.56 Å². The van der Waals surface area contributed by atoms with Crippen molar-refractivity contribution in [3.63, 3.8) is 0 Å². The number of nitrogens with zero attached hydrogens (tertiary/aromatic N) is 1. The Hall–Kier alpha value is -2.27. The molecule has 0 aromatic heterocycles. The van der Waals surface area contributed by atoms with Crippen LogP contribution in [0, 0.1) is 18.3 Å². The number of hydrogen-bond acceptors (Lipinski definition) is 2. The van der Waals surface area contributed by atoms with Gasteiger partial charge in [0.05, 0.1) is 11.5 Å². The summed E-state index contributed by atoms with van der Waals surface area (Å²) in [5, 5.41) is 9.35. The molecule has 0 aliphatic carbocycles. The predicted octanol–water partition coefficient (Wildman–Crippen LogP) is 4.05. The van der Waals surface area contributed by atoms with Crippen molar-refractivity contribution in [3.05, 3.63) is 53.6 Å². The largest absolute Gasteiger partial charge is 0.399 e. The summed E-state index contributed by atoms with van der Waals surface area (Å²) >= 11 is 0. The molecule has 19 heavy (non-hydrogen) atoms. The zero-order valence-corrected chi connectivity index (χ0v) is 11.6. The van der Waals surface area contributed by atoms with Gasteiger partial charge in [-0.25, -0.2) is 0 Å². The van der Waals surface area contributed by atoms with Crippen LogP contribution in [0.2, 0.25) is 0 Å². The van der Waals surface area contributed by atoms with Gasteiger partial charge < -0.3 is 5.73 Å². The first-order chi connectivity index (χ1) is 8.94. The van der Waals surface area contributed by atoms with Crippen molar-refractivity contribution in [3.8, 4) is 17.2 Å². The maximum Gasteiger partial charge on any atom is 0.0772 e. The van der Waals surface area contributed by atoms with E-state index in [1.54, 1.807) is 0 Å². The Morgan fingerprint density at radius 1 is 1.05 bits per heavy atom. The van der Waals surface area contributed by atoms with Crippen LogP contribution < -0.4 is 5.73 Å². The minimum atomic E-state index is -0.534. The highest BCUT2D eigenvalue weighted by atomic mass is 14.5. The summed E-state index contributed by atoms with van der Waals surface area (Å²) in [7, 11) is 0. The molecule has 0 bridgehead atoms. The van der Waals surface area contributed by atoms with Crippen LogP contribution in [0.1, 0.15) is 25.0 Å². The van der Waals surface area contributed by atoms with Crippen LogP contribution >= 0.6 is 0 Å². The predicted molar refractivity (Wildman–Crippen MR) is 79.7 cm³/mol. The molecule has 2 aromatic rings. The van der Waals surface area contributed by atoms with Crippen LogP contribution in [0.4, 0.5) is 5.69 Å². The number of rotatable bonds is 2. The number of nitrogen functional groups attached to an aromatic ring is 1. The smallest absolute Gasteiger partial charge is 0.0772 e. The van der Waals surface area contributed by atoms with Gasteiger partial charge in [-0.1, -0.05) is 35.9 Å². The summed E-state index contributed by atoms with van der Waals surface area (Å²) < 4.78 is 0. The van der Waals surface area contributed by atoms with Crippen molar-refractivity contribution in [2.75, 3.05) is 5.73 Å². The topological polar surface area (TPSA) is 49.8 Å². The van der Waals surface area contributed by atoms with E-state index in [0.717, 1.165) is 16.7 Å². The zero-order chi connectivity index (χ0) is 14.0. The third-order valence-electron chi connectivity index (χ3n) is 3.36. The lowest BCUT2D eigenvalue weighted by molar-refractivity contribution is 0.689. The molecule has 2 nitrogen and oxygen atoms in total. The van der Waals surface area contributed by atoms with Crippen molar-refractivity contribution >= 4 is 5.69 Å². The lowest BCUT2D eigenvalue weighted by Gasteiger charge is -2.21. The van der Waals surface area contributed by atoms with Crippen molar-refractivity contribution in [2.24, 2.45) is 0 Å². The third-order valence-corrected chi connectivity index (χ3v) is 3.36. The number of hydrogen-bond donors (Lipinski definition) is 1. The second-order valence-corrected chi connectivity index (χ2v) is 5.41. The summed E-state index contributed by atoms with van der Waals surface area (Å²) in [5.41, 5.74) is 10.4. The van der Waals surface area contributed by atoms with Gasteiger partial charge in [0.15, 0.2) is 0 Å². The number of aryl methyl sites for hydroxylation is 1. The number of anilines is 1. The maximum atomic E-state index is 9.35. The molecule has 0 aliphatic rings. The molecule has 0 spiro atoms. The molecule has 0 heterocycles. The van der Waals surface area contributed by atoms with Gasteiger partial charge in [-0.3, -0.25) is 0 Å². The summed E-state index contributed by atoms with van der Waals surface area (Å²) in [6.07, 6.45) is 0. The summed E-state index contributed by atoms with van der Waals surface area (Å²) in [6.45, 7) is 5.91. The second-order valence-electron chi connectivity index (χ2n) is 5.41. The van der Waals surface area contributed by atoms with Crippen molar-refractivity contribution in [1.82, 2.24) is 0 Å². The van der Waals surface area contributed by atoms with Gasteiger partial charge in [0, 0.05) is 5.69 Å². The Labute approximate surface area is 114 Å². The van der Waals surface area contributed by atoms with Gasteiger partial charge in [0.1, 0.15) is 0 Å². The molecular formula is C17H18N2. The van der Waals surface area contributed by atoms with Gasteiger partial charge >= 0.3 is 0 Å². The Morgan fingerprint density at radius 2 is 1.68 bits per heavy atom. The van der Waals surface area contributed by atoms with Crippen molar-refractivity contribution in [1.29, 1.82) is 5.26 Å². The average Bonchev–Trinajstić information content (AvgIpc) is 2.39. The standard InChI is InChI=1S/C17H18N2/c1-12-4-6-13(7-5-12)15-10-14(19)8-9-16(15)17(2,3)11-18/h4-10H,19H2,1-3H3. The van der Waals surface area contributed by atoms with E-state index < -0.39 is 5.41 Å². The lowest BCUT2D eigenvalue weighted by Crippen LogP contribution is -2.15. The first-order valence-corrected chi connectivity index (χ1v) is 6.32. The molecule has 0 fully saturated rings. The van der Waals surface area contributed by atoms with E-state index in [1.807, 2.05) is 32.0 Å². The van der Waals surface area contributed by atoms with Crippen LogP contribution in [-0.2, 0) is 5.41 Å². The van der Waals surface area contributed by atoms with Gasteiger partial charge in [0.25, 0.3) is 0 Å². The van der Waals surface area contributed by atoms with E-state index in [-0.39, 0.29) is 0 Å². The molecule has 2 rings (SSSR count). The molecule has 0 amide bonds. The van der Waals surface area contributed by atoms with Crippen LogP contribution in [0.15, 0.2) is 42.5 Å². The fourth-order valence-electron chi connectivity index (χ4n) is 2.14. The SMILES string of the molecule is Cc1ccc(-c2cc(N)ccc2C(C)(C)C#N)cc1. The summed E-state index contributed by atoms with van der Waals surface area (Å²) in [4.78, 5) is 0. The zero-order valence-electron chi connectivity index (χ0n) is 11.6. The molecular weight excluding hydrogens is 232 g/mol. The Morgan fingerprint density at radius 3 is 2.26 bits per heavy atom. The first kappa shape index (κ1) is 13.2. The normalized spacial score (nSPS) is 11.1. The first-order valence-electron chi connectivity index (χ1n) is 6.32. The molecule has 0 atom stereocenters. The lowest BCUT2D eigenvalue weighted by atomic mass is 9.81. The quantitative estimate of drug-likeness (QED) is 0.817. The van der Waals surface area contributed by atoms with Gasteiger partial charge in [0.2, 0.25) is 0 Å². The molecule has 0 unspecified atom stereocenters. The molecule has 2 aromatic carbocycles. The van der Waals surface area contributed by atoms with E-state index in [9.17, 15) is 5.26 Å². The molecule has 2 N–H and O–H groups in total. The Kier molecular flexibility index (Phi) is 3.31. The van der Waals surface area contributed by atoms with Gasteiger partial charge in [-0.15, -0.1) is 0 Å². The highest BCUT2D eigenvalue weighted by Gasteiger charge is 2.23. The summed E-state index contributed by atoms with van der Waals surface area (Å²) in [5.74, 6) is 0. The summed E-state index contributed by atoms with van der Waals surface area (Å²) in [6, 6.07) is 16.4. The second kappa shape index (κ2) is 4.78. The maximum absolute atomic E-state index is 9.35.